The number of rotatable bonds is 5. The molecule has 0 bridgehead atoms. The number of ether oxygens (including phenoxy) is 2. The van der Waals surface area contributed by atoms with E-state index in [4.69, 9.17) is 9.47 Å². The minimum absolute atomic E-state index is 0.0541. The topological polar surface area (TPSA) is 73.6 Å². The number of nitrogens with zero attached hydrogens (tertiary/aromatic N) is 1. The van der Waals surface area contributed by atoms with Crippen LogP contribution >= 0.6 is 0 Å². The van der Waals surface area contributed by atoms with Gasteiger partial charge in [-0.3, -0.25) is 10.1 Å². The molecule has 1 unspecified atom stereocenters. The quantitative estimate of drug-likeness (QED) is 0.667. The standard InChI is InChI=1S/C15H22N2O4/c1-15(2)9-12(4-5-21-15)16-10-11-6-13(17(18)19)8-14(7-11)20-3/h6-8,12,16H,4-5,9-10H2,1-3H3. The third kappa shape index (κ3) is 4.41. The lowest BCUT2D eigenvalue weighted by atomic mass is 9.94. The molecule has 1 saturated heterocycles. The number of nitrogens with one attached hydrogen (secondary N) is 1. The zero-order valence-corrected chi connectivity index (χ0v) is 12.7. The van der Waals surface area contributed by atoms with Crippen molar-refractivity contribution in [2.45, 2.75) is 44.9 Å². The van der Waals surface area contributed by atoms with Crippen molar-refractivity contribution in [1.29, 1.82) is 0 Å². The van der Waals surface area contributed by atoms with Gasteiger partial charge in [-0.15, -0.1) is 0 Å². The first kappa shape index (κ1) is 15.7. The Morgan fingerprint density at radius 2 is 2.24 bits per heavy atom. The van der Waals surface area contributed by atoms with Gasteiger partial charge in [-0.1, -0.05) is 0 Å². The lowest BCUT2D eigenvalue weighted by molar-refractivity contribution is -0.385. The van der Waals surface area contributed by atoms with Crippen LogP contribution in [-0.2, 0) is 11.3 Å². The summed E-state index contributed by atoms with van der Waals surface area (Å²) in [6.45, 7) is 5.48. The SMILES string of the molecule is COc1cc(CNC2CCOC(C)(C)C2)cc([N+](=O)[O-])c1. The molecule has 1 aromatic rings. The van der Waals surface area contributed by atoms with Crippen molar-refractivity contribution in [3.63, 3.8) is 0 Å². The fourth-order valence-corrected chi connectivity index (χ4v) is 2.64. The van der Waals surface area contributed by atoms with Gasteiger partial charge in [0, 0.05) is 25.3 Å². The van der Waals surface area contributed by atoms with E-state index < -0.39 is 4.92 Å². The molecular formula is C15H22N2O4. The van der Waals surface area contributed by atoms with E-state index >= 15 is 0 Å². The molecule has 1 N–H and O–H groups in total. The van der Waals surface area contributed by atoms with Crippen LogP contribution in [0.15, 0.2) is 18.2 Å². The van der Waals surface area contributed by atoms with E-state index in [-0.39, 0.29) is 11.3 Å². The Morgan fingerprint density at radius 1 is 1.48 bits per heavy atom. The minimum Gasteiger partial charge on any atom is -0.496 e. The Hall–Kier alpha value is -1.66. The van der Waals surface area contributed by atoms with Crippen molar-refractivity contribution in [1.82, 2.24) is 5.32 Å². The van der Waals surface area contributed by atoms with Crippen LogP contribution in [0.4, 0.5) is 5.69 Å². The van der Waals surface area contributed by atoms with E-state index in [0.717, 1.165) is 25.0 Å². The Kier molecular flexibility index (Phi) is 4.80. The summed E-state index contributed by atoms with van der Waals surface area (Å²) < 4.78 is 10.8. The third-order valence-electron chi connectivity index (χ3n) is 3.69. The number of non-ortho nitro benzene ring substituents is 1. The maximum atomic E-state index is 10.9. The molecule has 116 valence electrons. The number of nitro groups is 1. The van der Waals surface area contributed by atoms with E-state index in [1.54, 1.807) is 6.07 Å². The number of hydrogen-bond acceptors (Lipinski definition) is 5. The first-order valence-corrected chi connectivity index (χ1v) is 7.09. The molecule has 6 heteroatoms. The van der Waals surface area contributed by atoms with Gasteiger partial charge in [-0.2, -0.15) is 0 Å². The average Bonchev–Trinajstić information content (AvgIpc) is 2.43. The maximum Gasteiger partial charge on any atom is 0.273 e. The summed E-state index contributed by atoms with van der Waals surface area (Å²) in [4.78, 5) is 10.5. The summed E-state index contributed by atoms with van der Waals surface area (Å²) in [5.74, 6) is 0.508. The van der Waals surface area contributed by atoms with Crippen molar-refractivity contribution in [2.24, 2.45) is 0 Å². The molecule has 1 atom stereocenters. The van der Waals surface area contributed by atoms with Crippen LogP contribution in [0.1, 0.15) is 32.3 Å². The Bertz CT molecular complexity index is 516. The largest absolute Gasteiger partial charge is 0.496 e. The van der Waals surface area contributed by atoms with Gasteiger partial charge in [0.05, 0.1) is 23.7 Å². The molecule has 0 spiro atoms. The van der Waals surface area contributed by atoms with E-state index in [1.165, 1.54) is 13.2 Å². The van der Waals surface area contributed by atoms with Crippen molar-refractivity contribution in [3.05, 3.63) is 33.9 Å². The van der Waals surface area contributed by atoms with Crippen LogP contribution in [0.2, 0.25) is 0 Å². The summed E-state index contributed by atoms with van der Waals surface area (Å²) in [7, 11) is 1.51. The fourth-order valence-electron chi connectivity index (χ4n) is 2.64. The van der Waals surface area contributed by atoms with Crippen molar-refractivity contribution >= 4 is 5.69 Å². The van der Waals surface area contributed by atoms with Gasteiger partial charge >= 0.3 is 0 Å². The molecule has 2 rings (SSSR count). The number of hydrogen-bond donors (Lipinski definition) is 1. The molecule has 21 heavy (non-hydrogen) atoms. The molecule has 0 amide bonds. The lowest BCUT2D eigenvalue weighted by Gasteiger charge is -2.36. The van der Waals surface area contributed by atoms with Gasteiger partial charge in [0.25, 0.3) is 5.69 Å². The van der Waals surface area contributed by atoms with Crippen molar-refractivity contribution in [2.75, 3.05) is 13.7 Å². The van der Waals surface area contributed by atoms with E-state index in [9.17, 15) is 10.1 Å². The molecule has 1 aliphatic rings. The second-order valence-electron chi connectivity index (χ2n) is 5.98. The third-order valence-corrected chi connectivity index (χ3v) is 3.69. The highest BCUT2D eigenvalue weighted by Crippen LogP contribution is 2.25. The second kappa shape index (κ2) is 6.41. The summed E-state index contributed by atoms with van der Waals surface area (Å²) >= 11 is 0. The molecular weight excluding hydrogens is 272 g/mol. The highest BCUT2D eigenvalue weighted by Gasteiger charge is 2.28. The summed E-state index contributed by atoms with van der Waals surface area (Å²) in [6, 6.07) is 5.20. The minimum atomic E-state index is -0.399. The van der Waals surface area contributed by atoms with Crippen LogP contribution in [0.3, 0.4) is 0 Å². The maximum absolute atomic E-state index is 10.9. The molecule has 0 radical (unpaired) electrons. The molecule has 1 fully saturated rings. The van der Waals surface area contributed by atoms with Gasteiger partial charge in [-0.25, -0.2) is 0 Å². The fraction of sp³-hybridized carbons (Fsp3) is 0.600. The predicted octanol–water partition coefficient (Wildman–Crippen LogP) is 2.65. The molecule has 1 aromatic carbocycles. The van der Waals surface area contributed by atoms with Crippen molar-refractivity contribution < 1.29 is 14.4 Å². The Balaban J connectivity index is 2.02. The van der Waals surface area contributed by atoms with Crippen LogP contribution < -0.4 is 10.1 Å². The first-order valence-electron chi connectivity index (χ1n) is 7.09. The van der Waals surface area contributed by atoms with Gasteiger partial charge in [0.1, 0.15) is 5.75 Å². The normalized spacial score (nSPS) is 21.0. The smallest absolute Gasteiger partial charge is 0.273 e. The summed E-state index contributed by atoms with van der Waals surface area (Å²) in [5, 5.41) is 14.4. The number of benzene rings is 1. The molecule has 0 saturated carbocycles. The monoisotopic (exact) mass is 294 g/mol. The molecule has 6 nitrogen and oxygen atoms in total. The lowest BCUT2D eigenvalue weighted by Crippen LogP contribution is -2.43. The Labute approximate surface area is 124 Å². The molecule has 1 aliphatic heterocycles. The zero-order chi connectivity index (χ0) is 15.5. The average molecular weight is 294 g/mol. The highest BCUT2D eigenvalue weighted by atomic mass is 16.6. The number of nitro benzene ring substituents is 1. The predicted molar refractivity (Wildman–Crippen MR) is 79.5 cm³/mol. The van der Waals surface area contributed by atoms with Gasteiger partial charge < -0.3 is 14.8 Å². The van der Waals surface area contributed by atoms with Gasteiger partial charge in [-0.05, 0) is 38.3 Å². The number of methoxy groups -OCH3 is 1. The second-order valence-corrected chi connectivity index (χ2v) is 5.98. The van der Waals surface area contributed by atoms with Gasteiger partial charge in [0.2, 0.25) is 0 Å². The molecule has 0 aliphatic carbocycles. The first-order chi connectivity index (χ1) is 9.89. The van der Waals surface area contributed by atoms with E-state index in [0.29, 0.717) is 18.3 Å². The van der Waals surface area contributed by atoms with Crippen LogP contribution in [0.25, 0.3) is 0 Å². The van der Waals surface area contributed by atoms with Gasteiger partial charge in [0.15, 0.2) is 0 Å². The highest BCUT2D eigenvalue weighted by molar-refractivity contribution is 5.42. The zero-order valence-electron chi connectivity index (χ0n) is 12.7. The summed E-state index contributed by atoms with van der Waals surface area (Å²) in [5.41, 5.74) is 0.792. The molecule has 0 aromatic heterocycles. The summed E-state index contributed by atoms with van der Waals surface area (Å²) in [6.07, 6.45) is 1.88. The van der Waals surface area contributed by atoms with E-state index in [1.807, 2.05) is 6.07 Å². The van der Waals surface area contributed by atoms with Crippen molar-refractivity contribution in [3.8, 4) is 5.75 Å². The van der Waals surface area contributed by atoms with Crippen LogP contribution in [-0.4, -0.2) is 30.3 Å². The van der Waals surface area contributed by atoms with Crippen LogP contribution in [0.5, 0.6) is 5.75 Å². The van der Waals surface area contributed by atoms with E-state index in [2.05, 4.69) is 19.2 Å². The van der Waals surface area contributed by atoms with Crippen LogP contribution in [0, 0.1) is 10.1 Å². The Morgan fingerprint density at radius 3 is 2.86 bits per heavy atom. The molecule has 1 heterocycles.